The van der Waals surface area contributed by atoms with Gasteiger partial charge in [-0.05, 0) is 6.42 Å². The molecule has 0 saturated carbocycles. The highest BCUT2D eigenvalue weighted by atomic mass is 32.1. The van der Waals surface area contributed by atoms with Crippen LogP contribution in [0.25, 0.3) is 0 Å². The lowest BCUT2D eigenvalue weighted by atomic mass is 10.3. The summed E-state index contributed by atoms with van der Waals surface area (Å²) in [6.45, 7) is 5.12. The Hall–Kier alpha value is -1.25. The number of nitrogens with zero attached hydrogens (tertiary/aromatic N) is 3. The Morgan fingerprint density at radius 2 is 2.05 bits per heavy atom. The number of primary amides is 1. The van der Waals surface area contributed by atoms with E-state index in [1.165, 1.54) is 0 Å². The van der Waals surface area contributed by atoms with Crippen LogP contribution in [0.4, 0.5) is 5.82 Å². The SMILES string of the molecule is NC(=O)c1nc(S)n(CCCN2CCOCC2)c1N. The van der Waals surface area contributed by atoms with Crippen LogP contribution in [-0.2, 0) is 11.3 Å². The predicted molar refractivity (Wildman–Crippen MR) is 74.3 cm³/mol. The molecule has 106 valence electrons. The van der Waals surface area contributed by atoms with Crippen molar-refractivity contribution in [1.82, 2.24) is 14.5 Å². The van der Waals surface area contributed by atoms with Crippen molar-refractivity contribution < 1.29 is 9.53 Å². The molecule has 0 radical (unpaired) electrons. The van der Waals surface area contributed by atoms with Crippen LogP contribution in [0.1, 0.15) is 16.9 Å². The first-order valence-electron chi connectivity index (χ1n) is 6.24. The molecular formula is C11H19N5O2S. The molecule has 4 N–H and O–H groups in total. The van der Waals surface area contributed by atoms with Gasteiger partial charge < -0.3 is 20.8 Å². The summed E-state index contributed by atoms with van der Waals surface area (Å²) in [5.74, 6) is -0.334. The van der Waals surface area contributed by atoms with E-state index in [2.05, 4.69) is 22.5 Å². The molecular weight excluding hydrogens is 266 g/mol. The molecule has 2 heterocycles. The molecule has 0 aliphatic carbocycles. The fourth-order valence-corrected chi connectivity index (χ4v) is 2.44. The van der Waals surface area contributed by atoms with Gasteiger partial charge in [0.15, 0.2) is 10.9 Å². The number of nitrogen functional groups attached to an aromatic ring is 1. The van der Waals surface area contributed by atoms with E-state index in [9.17, 15) is 4.79 Å². The second-order valence-corrected chi connectivity index (χ2v) is 4.87. The quantitative estimate of drug-likeness (QED) is 0.638. The molecule has 1 aliphatic heterocycles. The number of aromatic nitrogens is 2. The minimum atomic E-state index is -0.625. The molecule has 1 aromatic heterocycles. The maximum absolute atomic E-state index is 11.1. The molecule has 2 rings (SSSR count). The average Bonchev–Trinajstić information content (AvgIpc) is 2.68. The van der Waals surface area contributed by atoms with Gasteiger partial charge in [0.25, 0.3) is 5.91 Å². The van der Waals surface area contributed by atoms with Crippen molar-refractivity contribution in [2.24, 2.45) is 5.73 Å². The van der Waals surface area contributed by atoms with Gasteiger partial charge >= 0.3 is 0 Å². The normalized spacial score (nSPS) is 16.7. The zero-order valence-electron chi connectivity index (χ0n) is 10.7. The largest absolute Gasteiger partial charge is 0.383 e. The molecule has 1 saturated heterocycles. The van der Waals surface area contributed by atoms with E-state index < -0.39 is 5.91 Å². The van der Waals surface area contributed by atoms with Gasteiger partial charge in [0, 0.05) is 26.2 Å². The van der Waals surface area contributed by atoms with Crippen molar-refractivity contribution in [2.45, 2.75) is 18.1 Å². The molecule has 0 bridgehead atoms. The van der Waals surface area contributed by atoms with Gasteiger partial charge in [0.05, 0.1) is 13.2 Å². The van der Waals surface area contributed by atoms with E-state index in [1.807, 2.05) is 0 Å². The molecule has 0 aromatic carbocycles. The van der Waals surface area contributed by atoms with E-state index in [-0.39, 0.29) is 5.69 Å². The van der Waals surface area contributed by atoms with Gasteiger partial charge in [-0.1, -0.05) is 0 Å². The highest BCUT2D eigenvalue weighted by Crippen LogP contribution is 2.17. The lowest BCUT2D eigenvalue weighted by Crippen LogP contribution is -2.37. The smallest absolute Gasteiger partial charge is 0.271 e. The number of nitrogens with two attached hydrogens (primary N) is 2. The van der Waals surface area contributed by atoms with Crippen LogP contribution in [-0.4, -0.2) is 53.2 Å². The standard InChI is InChI=1S/C11H19N5O2S/c12-9-8(10(13)17)14-11(19)16(9)3-1-2-15-4-6-18-7-5-15/h1-7,12H2,(H2,13,17)(H,14,19). The summed E-state index contributed by atoms with van der Waals surface area (Å²) in [5, 5.41) is 0.424. The van der Waals surface area contributed by atoms with Crippen molar-refractivity contribution in [3.8, 4) is 0 Å². The monoisotopic (exact) mass is 285 g/mol. The summed E-state index contributed by atoms with van der Waals surface area (Å²) in [5.41, 5.74) is 11.1. The fourth-order valence-electron chi connectivity index (χ4n) is 2.13. The minimum absolute atomic E-state index is 0.0939. The zero-order valence-corrected chi connectivity index (χ0v) is 11.6. The van der Waals surface area contributed by atoms with Crippen molar-refractivity contribution in [3.63, 3.8) is 0 Å². The second-order valence-electron chi connectivity index (χ2n) is 4.47. The van der Waals surface area contributed by atoms with E-state index in [1.54, 1.807) is 4.57 Å². The third-order valence-corrected chi connectivity index (χ3v) is 3.52. The topological polar surface area (TPSA) is 99.4 Å². The van der Waals surface area contributed by atoms with E-state index in [4.69, 9.17) is 16.2 Å². The number of ether oxygens (including phenoxy) is 1. The molecule has 1 aromatic rings. The maximum atomic E-state index is 11.1. The van der Waals surface area contributed by atoms with Crippen molar-refractivity contribution >= 4 is 24.4 Å². The van der Waals surface area contributed by atoms with E-state index >= 15 is 0 Å². The number of hydrogen-bond donors (Lipinski definition) is 3. The molecule has 1 aliphatic rings. The average molecular weight is 285 g/mol. The van der Waals surface area contributed by atoms with Crippen LogP contribution in [0.2, 0.25) is 0 Å². The lowest BCUT2D eigenvalue weighted by molar-refractivity contribution is 0.0369. The second kappa shape index (κ2) is 6.27. The van der Waals surface area contributed by atoms with Gasteiger partial charge in [0.2, 0.25) is 0 Å². The van der Waals surface area contributed by atoms with Crippen LogP contribution in [0, 0.1) is 0 Å². The maximum Gasteiger partial charge on any atom is 0.271 e. The number of rotatable bonds is 5. The zero-order chi connectivity index (χ0) is 13.8. The van der Waals surface area contributed by atoms with Gasteiger partial charge in [-0.25, -0.2) is 4.98 Å². The highest BCUT2D eigenvalue weighted by Gasteiger charge is 2.17. The van der Waals surface area contributed by atoms with Gasteiger partial charge in [-0.15, -0.1) is 12.6 Å². The first kappa shape index (κ1) is 14.2. The summed E-state index contributed by atoms with van der Waals surface area (Å²) in [7, 11) is 0. The van der Waals surface area contributed by atoms with Gasteiger partial charge in [0.1, 0.15) is 5.82 Å². The van der Waals surface area contributed by atoms with Crippen molar-refractivity contribution in [2.75, 3.05) is 38.6 Å². The Bertz CT molecular complexity index is 456. The number of carbonyl (C=O) groups excluding carboxylic acids is 1. The summed E-state index contributed by atoms with van der Waals surface area (Å²) >= 11 is 4.21. The number of anilines is 1. The van der Waals surface area contributed by atoms with Crippen molar-refractivity contribution in [3.05, 3.63) is 5.69 Å². The fraction of sp³-hybridized carbons (Fsp3) is 0.636. The molecule has 0 atom stereocenters. The Morgan fingerprint density at radius 3 is 2.63 bits per heavy atom. The predicted octanol–water partition coefficient (Wildman–Crippen LogP) is -0.425. The van der Waals surface area contributed by atoms with Crippen LogP contribution in [0.5, 0.6) is 0 Å². The Kier molecular flexibility index (Phi) is 4.67. The number of hydrogen-bond acceptors (Lipinski definition) is 6. The summed E-state index contributed by atoms with van der Waals surface area (Å²) in [4.78, 5) is 17.4. The molecule has 1 fully saturated rings. The van der Waals surface area contributed by atoms with Gasteiger partial charge in [-0.3, -0.25) is 9.69 Å². The Labute approximate surface area is 117 Å². The molecule has 0 unspecified atom stereocenters. The highest BCUT2D eigenvalue weighted by molar-refractivity contribution is 7.80. The summed E-state index contributed by atoms with van der Waals surface area (Å²) in [6, 6.07) is 0. The molecule has 1 amide bonds. The van der Waals surface area contributed by atoms with E-state index in [0.717, 1.165) is 39.3 Å². The number of amides is 1. The summed E-state index contributed by atoms with van der Waals surface area (Å²) in [6.07, 6.45) is 0.909. The first-order valence-corrected chi connectivity index (χ1v) is 6.69. The van der Waals surface area contributed by atoms with Crippen LogP contribution < -0.4 is 11.5 Å². The van der Waals surface area contributed by atoms with Crippen LogP contribution in [0.3, 0.4) is 0 Å². The molecule has 7 nitrogen and oxygen atoms in total. The van der Waals surface area contributed by atoms with Crippen LogP contribution in [0.15, 0.2) is 5.16 Å². The summed E-state index contributed by atoms with van der Waals surface area (Å²) < 4.78 is 7.00. The molecule has 19 heavy (non-hydrogen) atoms. The molecule has 8 heteroatoms. The van der Waals surface area contributed by atoms with E-state index in [0.29, 0.717) is 17.5 Å². The van der Waals surface area contributed by atoms with Gasteiger partial charge in [-0.2, -0.15) is 0 Å². The first-order chi connectivity index (χ1) is 9.09. The third kappa shape index (κ3) is 3.40. The number of morpholine rings is 1. The van der Waals surface area contributed by atoms with Crippen molar-refractivity contribution in [1.29, 1.82) is 0 Å². The third-order valence-electron chi connectivity index (χ3n) is 3.18. The number of thiol groups is 1. The number of carbonyl (C=O) groups is 1. The lowest BCUT2D eigenvalue weighted by Gasteiger charge is -2.26. The number of imidazole rings is 1. The Balaban J connectivity index is 1.90. The van der Waals surface area contributed by atoms with Crippen LogP contribution >= 0.6 is 12.6 Å². The Morgan fingerprint density at radius 1 is 1.37 bits per heavy atom. The molecule has 0 spiro atoms. The minimum Gasteiger partial charge on any atom is -0.383 e.